The number of Topliss-reactive ketones (excluding diaryl/α,β-unsaturated/α-hetero) is 1. The highest BCUT2D eigenvalue weighted by Gasteiger charge is 2.40. The van der Waals surface area contributed by atoms with Crippen molar-refractivity contribution in [2.24, 2.45) is 26.6 Å². The minimum atomic E-state index is -0.509. The predicted molar refractivity (Wildman–Crippen MR) is 102 cm³/mol. The standard InChI is InChI=1S/C19H23N5O2/c1-13-16(19(2,3)4)17(22-21-13)18(25)15(11-20)23-24(12-26-5)14-9-7-6-8-10-14/h6-10,16H,12H2,1-5H3/b23-15+. The zero-order valence-electron chi connectivity index (χ0n) is 15.7. The molecule has 1 atom stereocenters. The number of nitrogens with zero attached hydrogens (tertiary/aromatic N) is 5. The minimum Gasteiger partial charge on any atom is -0.362 e. The zero-order valence-corrected chi connectivity index (χ0v) is 15.7. The molecule has 26 heavy (non-hydrogen) atoms. The van der Waals surface area contributed by atoms with Crippen molar-refractivity contribution in [2.45, 2.75) is 27.7 Å². The van der Waals surface area contributed by atoms with Crippen LogP contribution in [0.1, 0.15) is 27.7 Å². The largest absolute Gasteiger partial charge is 0.362 e. The number of para-hydroxylation sites is 1. The van der Waals surface area contributed by atoms with Crippen LogP contribution in [0.4, 0.5) is 5.69 Å². The molecular weight excluding hydrogens is 330 g/mol. The van der Waals surface area contributed by atoms with Gasteiger partial charge >= 0.3 is 0 Å². The molecule has 0 aromatic heterocycles. The minimum absolute atomic E-state index is 0.104. The van der Waals surface area contributed by atoms with Crippen LogP contribution in [0.3, 0.4) is 0 Å². The Labute approximate surface area is 153 Å². The third kappa shape index (κ3) is 4.21. The Hall–Kier alpha value is -2.85. The van der Waals surface area contributed by atoms with Gasteiger partial charge in [-0.3, -0.25) is 4.79 Å². The number of carbonyl (C=O) groups excluding carboxylic acids is 1. The van der Waals surface area contributed by atoms with Crippen LogP contribution in [-0.2, 0) is 9.53 Å². The first kappa shape index (κ1) is 19.5. The van der Waals surface area contributed by atoms with E-state index in [0.717, 1.165) is 5.71 Å². The molecule has 0 fully saturated rings. The molecule has 0 saturated carbocycles. The highest BCUT2D eigenvalue weighted by Crippen LogP contribution is 2.32. The summed E-state index contributed by atoms with van der Waals surface area (Å²) in [6.07, 6.45) is 0. The maximum atomic E-state index is 12.9. The molecular formula is C19H23N5O2. The van der Waals surface area contributed by atoms with Crippen LogP contribution in [0.2, 0.25) is 0 Å². The predicted octanol–water partition coefficient (Wildman–Crippen LogP) is 3.04. The molecule has 1 aliphatic heterocycles. The highest BCUT2D eigenvalue weighted by molar-refractivity contribution is 6.71. The SMILES string of the molecule is COCN(/N=C(\C#N)C(=O)C1=NN=C(C)C1C(C)(C)C)c1ccccc1. The summed E-state index contributed by atoms with van der Waals surface area (Å²) in [5.41, 5.74) is 1.23. The van der Waals surface area contributed by atoms with E-state index in [9.17, 15) is 10.1 Å². The summed E-state index contributed by atoms with van der Waals surface area (Å²) in [4.78, 5) is 12.9. The van der Waals surface area contributed by atoms with Crippen LogP contribution in [0.25, 0.3) is 0 Å². The number of hydrogen-bond acceptors (Lipinski definition) is 7. The Morgan fingerprint density at radius 1 is 1.31 bits per heavy atom. The monoisotopic (exact) mass is 353 g/mol. The van der Waals surface area contributed by atoms with Gasteiger partial charge in [0.1, 0.15) is 18.5 Å². The number of rotatable bonds is 6. The fraction of sp³-hybridized carbons (Fsp3) is 0.421. The second-order valence-corrected chi connectivity index (χ2v) is 7.07. The van der Waals surface area contributed by atoms with E-state index in [4.69, 9.17) is 4.74 Å². The van der Waals surface area contributed by atoms with E-state index in [1.807, 2.05) is 64.1 Å². The van der Waals surface area contributed by atoms with E-state index in [0.29, 0.717) is 5.69 Å². The quantitative estimate of drug-likeness (QED) is 0.446. The summed E-state index contributed by atoms with van der Waals surface area (Å²) < 4.78 is 5.15. The fourth-order valence-electron chi connectivity index (χ4n) is 2.90. The van der Waals surface area contributed by atoms with Crippen molar-refractivity contribution >= 4 is 28.6 Å². The van der Waals surface area contributed by atoms with Gasteiger partial charge in [-0.1, -0.05) is 39.0 Å². The smallest absolute Gasteiger partial charge is 0.240 e. The maximum Gasteiger partial charge on any atom is 0.240 e. The number of benzene rings is 1. The lowest BCUT2D eigenvalue weighted by atomic mass is 9.74. The number of methoxy groups -OCH3 is 1. The molecule has 1 aromatic rings. The Kier molecular flexibility index (Phi) is 6.01. The molecule has 0 N–H and O–H groups in total. The van der Waals surface area contributed by atoms with Crippen molar-refractivity contribution in [3.63, 3.8) is 0 Å². The maximum absolute atomic E-state index is 12.9. The molecule has 1 aliphatic rings. The molecule has 136 valence electrons. The van der Waals surface area contributed by atoms with Crippen LogP contribution >= 0.6 is 0 Å². The van der Waals surface area contributed by atoms with Gasteiger partial charge < -0.3 is 4.74 Å². The number of ketones is 1. The zero-order chi connectivity index (χ0) is 19.3. The van der Waals surface area contributed by atoms with E-state index < -0.39 is 5.78 Å². The third-order valence-electron chi connectivity index (χ3n) is 3.95. The van der Waals surface area contributed by atoms with Gasteiger partial charge in [-0.15, -0.1) is 0 Å². The van der Waals surface area contributed by atoms with E-state index in [-0.39, 0.29) is 29.5 Å². The van der Waals surface area contributed by atoms with Crippen molar-refractivity contribution < 1.29 is 9.53 Å². The van der Waals surface area contributed by atoms with Crippen LogP contribution in [-0.4, -0.2) is 36.8 Å². The second-order valence-electron chi connectivity index (χ2n) is 7.07. The lowest BCUT2D eigenvalue weighted by molar-refractivity contribution is -0.107. The molecule has 1 aromatic carbocycles. The Bertz CT molecular complexity index is 797. The first-order valence-electron chi connectivity index (χ1n) is 8.26. The molecule has 7 heteroatoms. The van der Waals surface area contributed by atoms with Crippen LogP contribution in [0, 0.1) is 22.7 Å². The van der Waals surface area contributed by atoms with Gasteiger partial charge in [0.05, 0.1) is 11.6 Å². The second kappa shape index (κ2) is 8.02. The van der Waals surface area contributed by atoms with Crippen molar-refractivity contribution in [3.8, 4) is 6.07 Å². The Morgan fingerprint density at radius 2 is 1.96 bits per heavy atom. The van der Waals surface area contributed by atoms with Crippen LogP contribution in [0.5, 0.6) is 0 Å². The number of nitriles is 1. The van der Waals surface area contributed by atoms with Crippen molar-refractivity contribution in [2.75, 3.05) is 18.8 Å². The van der Waals surface area contributed by atoms with Gasteiger partial charge in [-0.05, 0) is 24.5 Å². The number of anilines is 1. The molecule has 0 radical (unpaired) electrons. The average molecular weight is 353 g/mol. The summed E-state index contributed by atoms with van der Waals surface area (Å²) in [6, 6.07) is 11.1. The first-order chi connectivity index (χ1) is 12.3. The molecule has 0 amide bonds. The highest BCUT2D eigenvalue weighted by atomic mass is 16.5. The van der Waals surface area contributed by atoms with Gasteiger partial charge in [-0.25, -0.2) is 5.01 Å². The van der Waals surface area contributed by atoms with Crippen LogP contribution in [0.15, 0.2) is 45.6 Å². The molecule has 0 saturated heterocycles. The molecule has 1 unspecified atom stereocenters. The van der Waals surface area contributed by atoms with E-state index in [1.54, 1.807) is 0 Å². The molecule has 0 spiro atoms. The van der Waals surface area contributed by atoms with Gasteiger partial charge in [0.15, 0.2) is 0 Å². The molecule has 0 aliphatic carbocycles. The summed E-state index contributed by atoms with van der Waals surface area (Å²) in [7, 11) is 1.52. The number of ether oxygens (including phenoxy) is 1. The molecule has 2 rings (SSSR count). The lowest BCUT2D eigenvalue weighted by Crippen LogP contribution is -2.39. The normalized spacial score (nSPS) is 17.4. The van der Waals surface area contributed by atoms with Crippen molar-refractivity contribution in [3.05, 3.63) is 30.3 Å². The fourth-order valence-corrected chi connectivity index (χ4v) is 2.90. The first-order valence-corrected chi connectivity index (χ1v) is 8.26. The Balaban J connectivity index is 2.36. The summed E-state index contributed by atoms with van der Waals surface area (Å²) in [6.45, 7) is 7.97. The number of carbonyl (C=O) groups is 1. The number of hydrogen-bond donors (Lipinski definition) is 0. The average Bonchev–Trinajstić information content (AvgIpc) is 3.00. The van der Waals surface area contributed by atoms with Crippen molar-refractivity contribution in [1.29, 1.82) is 5.26 Å². The molecule has 0 bridgehead atoms. The molecule has 7 nitrogen and oxygen atoms in total. The summed E-state index contributed by atoms with van der Waals surface area (Å²) in [5.74, 6) is -0.758. The Morgan fingerprint density at radius 3 is 2.50 bits per heavy atom. The molecule has 1 heterocycles. The van der Waals surface area contributed by atoms with Crippen LogP contribution < -0.4 is 5.01 Å². The van der Waals surface area contributed by atoms with Gasteiger partial charge in [-0.2, -0.15) is 20.6 Å². The van der Waals surface area contributed by atoms with Gasteiger partial charge in [0, 0.05) is 12.8 Å². The summed E-state index contributed by atoms with van der Waals surface area (Å²) >= 11 is 0. The third-order valence-corrected chi connectivity index (χ3v) is 3.95. The van der Waals surface area contributed by atoms with Crippen molar-refractivity contribution in [1.82, 2.24) is 0 Å². The van der Waals surface area contributed by atoms with E-state index in [2.05, 4.69) is 15.3 Å². The van der Waals surface area contributed by atoms with Gasteiger partial charge in [0.2, 0.25) is 11.5 Å². The summed E-state index contributed by atoms with van der Waals surface area (Å²) in [5, 5.41) is 23.3. The number of hydrazone groups is 1. The van der Waals surface area contributed by atoms with Gasteiger partial charge in [0.25, 0.3) is 0 Å². The lowest BCUT2D eigenvalue weighted by Gasteiger charge is -2.27. The van der Waals surface area contributed by atoms with E-state index >= 15 is 0 Å². The van der Waals surface area contributed by atoms with E-state index in [1.165, 1.54) is 12.1 Å². The topological polar surface area (TPSA) is 90.4 Å².